The molecule has 2 aliphatic rings. The summed E-state index contributed by atoms with van der Waals surface area (Å²) in [6, 6.07) is 54.4. The first-order valence-electron chi connectivity index (χ1n) is 15.7. The van der Waals surface area contributed by atoms with E-state index in [-0.39, 0.29) is 0 Å². The minimum absolute atomic E-state index is 0.707. The van der Waals surface area contributed by atoms with Crippen LogP contribution in [0.3, 0.4) is 0 Å². The van der Waals surface area contributed by atoms with Gasteiger partial charge in [-0.15, -0.1) is 0 Å². The highest BCUT2D eigenvalue weighted by atomic mass is 31.1. The fourth-order valence-corrected chi connectivity index (χ4v) is 12.4. The Kier molecular flexibility index (Phi) is 7.50. The summed E-state index contributed by atoms with van der Waals surface area (Å²) in [6.07, 6.45) is 0. The molecular weight excluding hydrogens is 582 g/mol. The predicted octanol–water partition coefficient (Wildman–Crippen LogP) is 7.12. The fraction of sp³-hybridized carbons (Fsp3) is 0.122. The van der Waals surface area contributed by atoms with Crippen molar-refractivity contribution in [2.45, 2.75) is 26.9 Å². The number of hydrogen-bond acceptors (Lipinski definition) is 2. The summed E-state index contributed by atoms with van der Waals surface area (Å²) in [7, 11) is -1.41. The molecule has 0 aliphatic carbocycles. The first kappa shape index (κ1) is 28.3. The van der Waals surface area contributed by atoms with Gasteiger partial charge in [0.05, 0.1) is 18.0 Å². The quantitative estimate of drug-likeness (QED) is 0.184. The lowest BCUT2D eigenvalue weighted by atomic mass is 9.99. The lowest BCUT2D eigenvalue weighted by molar-refractivity contribution is 0.654. The highest BCUT2D eigenvalue weighted by molar-refractivity contribution is 7.80. The molecule has 2 nitrogen and oxygen atoms in total. The average molecular weight is 619 g/mol. The van der Waals surface area contributed by atoms with Crippen LogP contribution in [-0.4, -0.2) is 6.67 Å². The number of benzene rings is 6. The van der Waals surface area contributed by atoms with Crippen LogP contribution in [0.4, 0.5) is 11.4 Å². The Bertz CT molecular complexity index is 1740. The summed E-state index contributed by atoms with van der Waals surface area (Å²) in [6.45, 7) is 7.29. The van der Waals surface area contributed by atoms with E-state index in [1.54, 1.807) is 0 Å². The molecule has 6 aromatic carbocycles. The molecule has 220 valence electrons. The topological polar surface area (TPSA) is 6.48 Å². The molecule has 4 heteroatoms. The Balaban J connectivity index is 1.29. The third-order valence-electron chi connectivity index (χ3n) is 8.86. The Morgan fingerprint density at radius 3 is 1.04 bits per heavy atom. The number of anilines is 2. The van der Waals surface area contributed by atoms with Crippen molar-refractivity contribution < 1.29 is 0 Å². The molecule has 0 atom stereocenters. The van der Waals surface area contributed by atoms with E-state index in [0.717, 1.165) is 19.8 Å². The van der Waals surface area contributed by atoms with Crippen LogP contribution in [0.1, 0.15) is 22.3 Å². The molecule has 0 N–H and O–H groups in total. The summed E-state index contributed by atoms with van der Waals surface area (Å²) in [4.78, 5) is 5.32. The Labute approximate surface area is 269 Å². The summed E-state index contributed by atoms with van der Waals surface area (Å²) < 4.78 is 0. The van der Waals surface area contributed by atoms with Crippen molar-refractivity contribution in [3.8, 4) is 0 Å². The lowest BCUT2D eigenvalue weighted by Gasteiger charge is -2.47. The standard InChI is InChI=1S/C41H36N2P2/c1-30-23-32-27-42-29-43(40(32)38(25-30)44(34-15-7-3-8-16-34)35-17-9-4-10-18-35)28-33-24-31(2)26-39(41(33)42)45(36-19-11-5-12-20-36)37-21-13-6-14-22-37/h3-26H,27-29H2,1-2H3. The van der Waals surface area contributed by atoms with E-state index in [2.05, 4.69) is 169 Å². The zero-order chi connectivity index (χ0) is 30.3. The maximum Gasteiger partial charge on any atom is 0.0910 e. The summed E-state index contributed by atoms with van der Waals surface area (Å²) in [5.41, 5.74) is 8.44. The molecule has 0 saturated heterocycles. The van der Waals surface area contributed by atoms with Gasteiger partial charge in [-0.2, -0.15) is 0 Å². The first-order valence-corrected chi connectivity index (χ1v) is 18.4. The normalized spacial score (nSPS) is 13.6. The van der Waals surface area contributed by atoms with E-state index < -0.39 is 15.8 Å². The van der Waals surface area contributed by atoms with Gasteiger partial charge in [-0.3, -0.25) is 0 Å². The molecule has 8 rings (SSSR count). The molecule has 0 saturated carbocycles. The van der Waals surface area contributed by atoms with Crippen molar-refractivity contribution in [2.24, 2.45) is 0 Å². The predicted molar refractivity (Wildman–Crippen MR) is 197 cm³/mol. The summed E-state index contributed by atoms with van der Waals surface area (Å²) in [5, 5.41) is 8.57. The van der Waals surface area contributed by atoms with Crippen molar-refractivity contribution in [2.75, 3.05) is 16.5 Å². The molecule has 0 amide bonds. The number of hydrogen-bond donors (Lipinski definition) is 0. The van der Waals surface area contributed by atoms with Gasteiger partial charge in [0.1, 0.15) is 0 Å². The van der Waals surface area contributed by atoms with Gasteiger partial charge in [0.25, 0.3) is 0 Å². The molecule has 2 heterocycles. The smallest absolute Gasteiger partial charge is 0.0910 e. The van der Waals surface area contributed by atoms with Crippen LogP contribution in [0.15, 0.2) is 146 Å². The Morgan fingerprint density at radius 1 is 0.422 bits per heavy atom. The molecule has 0 spiro atoms. The maximum absolute atomic E-state index is 2.66. The number of rotatable bonds is 6. The van der Waals surface area contributed by atoms with Crippen LogP contribution in [0.5, 0.6) is 0 Å². The zero-order valence-corrected chi connectivity index (χ0v) is 27.6. The molecule has 0 aromatic heterocycles. The molecule has 45 heavy (non-hydrogen) atoms. The number of aryl methyl sites for hydroxylation is 2. The largest absolute Gasteiger partial charge is 0.349 e. The van der Waals surface area contributed by atoms with E-state index in [1.165, 1.54) is 65.5 Å². The van der Waals surface area contributed by atoms with Crippen LogP contribution in [0, 0.1) is 13.8 Å². The van der Waals surface area contributed by atoms with Gasteiger partial charge in [0, 0.05) is 23.7 Å². The van der Waals surface area contributed by atoms with Crippen molar-refractivity contribution in [3.05, 3.63) is 168 Å². The van der Waals surface area contributed by atoms with Crippen molar-refractivity contribution in [3.63, 3.8) is 0 Å². The second-order valence-corrected chi connectivity index (χ2v) is 16.5. The van der Waals surface area contributed by atoms with Gasteiger partial charge >= 0.3 is 0 Å². The second-order valence-electron chi connectivity index (χ2n) is 12.1. The highest BCUT2D eigenvalue weighted by Gasteiger charge is 2.36. The monoisotopic (exact) mass is 618 g/mol. The molecule has 2 bridgehead atoms. The van der Waals surface area contributed by atoms with Gasteiger partial charge in [-0.25, -0.2) is 0 Å². The summed E-state index contributed by atoms with van der Waals surface area (Å²) >= 11 is 0. The zero-order valence-electron chi connectivity index (χ0n) is 25.8. The van der Waals surface area contributed by atoms with Crippen molar-refractivity contribution in [1.29, 1.82) is 0 Å². The molecular formula is C41H36N2P2. The molecule has 0 radical (unpaired) electrons. The van der Waals surface area contributed by atoms with Crippen LogP contribution in [-0.2, 0) is 13.1 Å². The van der Waals surface area contributed by atoms with Crippen molar-refractivity contribution in [1.82, 2.24) is 0 Å². The Hall–Kier alpha value is -4.22. The van der Waals surface area contributed by atoms with Crippen LogP contribution >= 0.6 is 15.8 Å². The Morgan fingerprint density at radius 2 is 0.733 bits per heavy atom. The van der Waals surface area contributed by atoms with E-state index in [4.69, 9.17) is 0 Å². The van der Waals surface area contributed by atoms with Crippen LogP contribution in [0.25, 0.3) is 0 Å². The fourth-order valence-electron chi connectivity index (χ4n) is 7.16. The molecule has 2 aliphatic heterocycles. The van der Waals surface area contributed by atoms with Gasteiger partial charge in [0.2, 0.25) is 0 Å². The van der Waals surface area contributed by atoms with Gasteiger partial charge in [0.15, 0.2) is 0 Å². The first-order chi connectivity index (χ1) is 22.1. The SMILES string of the molecule is Cc1cc2c(c(P(c3ccccc3)c3ccccc3)c1)N1Cc3cc(C)cc(P(c4ccccc4)c4ccccc4)c3N(C2)C1. The molecule has 0 unspecified atom stereocenters. The van der Waals surface area contributed by atoms with E-state index in [1.807, 2.05) is 0 Å². The molecule has 6 aromatic rings. The lowest BCUT2D eigenvalue weighted by Crippen LogP contribution is -2.50. The number of nitrogens with zero attached hydrogens (tertiary/aromatic N) is 2. The van der Waals surface area contributed by atoms with Gasteiger partial charge in [-0.05, 0) is 85.3 Å². The minimum Gasteiger partial charge on any atom is -0.349 e. The minimum atomic E-state index is -0.707. The highest BCUT2D eigenvalue weighted by Crippen LogP contribution is 2.46. The van der Waals surface area contributed by atoms with E-state index in [9.17, 15) is 0 Å². The van der Waals surface area contributed by atoms with Gasteiger partial charge < -0.3 is 9.80 Å². The third-order valence-corrected chi connectivity index (χ3v) is 13.8. The van der Waals surface area contributed by atoms with E-state index in [0.29, 0.717) is 0 Å². The molecule has 0 fully saturated rings. The van der Waals surface area contributed by atoms with E-state index >= 15 is 0 Å². The maximum atomic E-state index is 2.66. The van der Waals surface area contributed by atoms with Gasteiger partial charge in [-0.1, -0.05) is 133 Å². The summed E-state index contributed by atoms with van der Waals surface area (Å²) in [5.74, 6) is 0. The van der Waals surface area contributed by atoms with Crippen molar-refractivity contribution >= 4 is 59.0 Å². The second kappa shape index (κ2) is 11.9. The van der Waals surface area contributed by atoms with Crippen LogP contribution in [0.2, 0.25) is 0 Å². The average Bonchev–Trinajstić information content (AvgIpc) is 3.06. The number of fused-ring (bicyclic) bond motifs is 6. The third kappa shape index (κ3) is 5.27. The van der Waals surface area contributed by atoms with Crippen LogP contribution < -0.4 is 41.6 Å².